The molecule has 0 bridgehead atoms. The summed E-state index contributed by atoms with van der Waals surface area (Å²) in [4.78, 5) is 18.6. The number of nitrogens with one attached hydrogen (secondary N) is 1. The molecular formula is C20H28N4O2. The number of anilines is 2. The average molecular weight is 356 g/mol. The minimum atomic E-state index is -0.485. The Morgan fingerprint density at radius 2 is 2.15 bits per heavy atom. The molecule has 0 saturated carbocycles. The summed E-state index contributed by atoms with van der Waals surface area (Å²) in [6.45, 7) is 9.03. The largest absolute Gasteiger partial charge is 0.444 e. The zero-order valence-corrected chi connectivity index (χ0v) is 16.0. The van der Waals surface area contributed by atoms with Crippen LogP contribution in [0.3, 0.4) is 0 Å². The molecule has 2 heterocycles. The van der Waals surface area contributed by atoms with Gasteiger partial charge in [0, 0.05) is 24.5 Å². The second-order valence-corrected chi connectivity index (χ2v) is 8.02. The number of nitrogens with two attached hydrogens (primary N) is 1. The highest BCUT2D eigenvalue weighted by molar-refractivity contribution is 5.97. The van der Waals surface area contributed by atoms with Gasteiger partial charge in [0.2, 0.25) is 0 Å². The second kappa shape index (κ2) is 7.02. The summed E-state index contributed by atoms with van der Waals surface area (Å²) in [5.74, 6) is 0. The fourth-order valence-electron chi connectivity index (χ4n) is 3.27. The highest BCUT2D eigenvalue weighted by atomic mass is 16.6. The molecule has 1 aromatic carbocycles. The predicted octanol–water partition coefficient (Wildman–Crippen LogP) is 3.94. The van der Waals surface area contributed by atoms with E-state index in [1.54, 1.807) is 11.1 Å². The van der Waals surface area contributed by atoms with Gasteiger partial charge in [-0.15, -0.1) is 0 Å². The van der Waals surface area contributed by atoms with Crippen LogP contribution in [0.15, 0.2) is 24.4 Å². The molecule has 140 valence electrons. The van der Waals surface area contributed by atoms with Crippen molar-refractivity contribution in [2.75, 3.05) is 24.1 Å². The van der Waals surface area contributed by atoms with Gasteiger partial charge < -0.3 is 20.7 Å². The van der Waals surface area contributed by atoms with Crippen LogP contribution in [0.2, 0.25) is 0 Å². The van der Waals surface area contributed by atoms with Gasteiger partial charge >= 0.3 is 6.09 Å². The lowest BCUT2D eigenvalue weighted by molar-refractivity contribution is 0.0206. The maximum absolute atomic E-state index is 12.4. The van der Waals surface area contributed by atoms with Crippen LogP contribution in [-0.4, -0.2) is 40.7 Å². The number of likely N-dealkylation sites (tertiary alicyclic amines) is 1. The van der Waals surface area contributed by atoms with Gasteiger partial charge in [-0.05, 0) is 52.7 Å². The number of rotatable bonds is 2. The molecule has 1 amide bonds. The number of ether oxygens (including phenoxy) is 1. The molecule has 1 fully saturated rings. The smallest absolute Gasteiger partial charge is 0.410 e. The third-order valence-corrected chi connectivity index (χ3v) is 4.47. The van der Waals surface area contributed by atoms with Crippen molar-refractivity contribution in [3.05, 3.63) is 30.0 Å². The summed E-state index contributed by atoms with van der Waals surface area (Å²) in [6.07, 6.45) is 3.34. The third kappa shape index (κ3) is 4.18. The topological polar surface area (TPSA) is 80.5 Å². The van der Waals surface area contributed by atoms with E-state index in [-0.39, 0.29) is 12.1 Å². The summed E-state index contributed by atoms with van der Waals surface area (Å²) >= 11 is 0. The molecule has 1 unspecified atom stereocenters. The highest BCUT2D eigenvalue weighted by Crippen LogP contribution is 2.30. The monoisotopic (exact) mass is 356 g/mol. The number of carbonyl (C=O) groups excluding carboxylic acids is 1. The van der Waals surface area contributed by atoms with E-state index in [2.05, 4.69) is 23.3 Å². The first-order chi connectivity index (χ1) is 12.2. The van der Waals surface area contributed by atoms with Crippen molar-refractivity contribution in [1.29, 1.82) is 0 Å². The van der Waals surface area contributed by atoms with Crippen LogP contribution in [0.5, 0.6) is 0 Å². The number of nitrogen functional groups attached to an aromatic ring is 1. The molecule has 1 aromatic heterocycles. The summed E-state index contributed by atoms with van der Waals surface area (Å²) in [5.41, 5.74) is 9.31. The van der Waals surface area contributed by atoms with Crippen molar-refractivity contribution >= 4 is 28.4 Å². The first-order valence-corrected chi connectivity index (χ1v) is 9.12. The van der Waals surface area contributed by atoms with Crippen LogP contribution in [0, 0.1) is 6.92 Å². The van der Waals surface area contributed by atoms with E-state index in [0.29, 0.717) is 12.2 Å². The lowest BCUT2D eigenvalue weighted by Crippen LogP contribution is -2.47. The summed E-state index contributed by atoms with van der Waals surface area (Å²) < 4.78 is 5.51. The Morgan fingerprint density at radius 1 is 1.38 bits per heavy atom. The second-order valence-electron chi connectivity index (χ2n) is 8.02. The Balaban J connectivity index is 1.79. The molecule has 0 spiro atoms. The van der Waals surface area contributed by atoms with Crippen molar-refractivity contribution in [3.8, 4) is 0 Å². The van der Waals surface area contributed by atoms with Gasteiger partial charge in [-0.1, -0.05) is 11.6 Å². The molecule has 3 rings (SSSR count). The number of benzene rings is 1. The van der Waals surface area contributed by atoms with Crippen molar-refractivity contribution in [2.45, 2.75) is 52.2 Å². The van der Waals surface area contributed by atoms with Gasteiger partial charge in [0.05, 0.1) is 23.1 Å². The SMILES string of the molecule is Cc1ccc2ncc(N)c(NC3CCCN(C(=O)OC(C)(C)C)C3)c2c1. The zero-order valence-electron chi connectivity index (χ0n) is 16.0. The Morgan fingerprint density at radius 3 is 2.88 bits per heavy atom. The predicted molar refractivity (Wildman–Crippen MR) is 105 cm³/mol. The average Bonchev–Trinajstić information content (AvgIpc) is 2.56. The normalized spacial score (nSPS) is 18.0. The number of nitrogens with zero attached hydrogens (tertiary/aromatic N) is 2. The van der Waals surface area contributed by atoms with E-state index in [4.69, 9.17) is 10.5 Å². The third-order valence-electron chi connectivity index (χ3n) is 4.47. The number of piperidine rings is 1. The van der Waals surface area contributed by atoms with E-state index in [0.717, 1.165) is 41.5 Å². The fraction of sp³-hybridized carbons (Fsp3) is 0.500. The number of hydrogen-bond donors (Lipinski definition) is 2. The van der Waals surface area contributed by atoms with Crippen LogP contribution in [0.25, 0.3) is 10.9 Å². The lowest BCUT2D eigenvalue weighted by Gasteiger charge is -2.35. The minimum absolute atomic E-state index is 0.129. The molecule has 1 aliphatic rings. The van der Waals surface area contributed by atoms with Gasteiger partial charge in [-0.3, -0.25) is 4.98 Å². The van der Waals surface area contributed by atoms with Crippen molar-refractivity contribution in [2.24, 2.45) is 0 Å². The first kappa shape index (κ1) is 18.3. The molecule has 1 atom stereocenters. The fourth-order valence-corrected chi connectivity index (χ4v) is 3.27. The molecule has 1 saturated heterocycles. The molecule has 6 heteroatoms. The maximum Gasteiger partial charge on any atom is 0.410 e. The van der Waals surface area contributed by atoms with E-state index in [1.807, 2.05) is 32.9 Å². The molecule has 1 aliphatic heterocycles. The number of pyridine rings is 1. The Bertz CT molecular complexity index is 808. The van der Waals surface area contributed by atoms with Crippen molar-refractivity contribution < 1.29 is 9.53 Å². The summed E-state index contributed by atoms with van der Waals surface area (Å²) in [5, 5.41) is 4.57. The maximum atomic E-state index is 12.4. The Hall–Kier alpha value is -2.50. The minimum Gasteiger partial charge on any atom is -0.444 e. The quantitative estimate of drug-likeness (QED) is 0.852. The number of carbonyl (C=O) groups is 1. The van der Waals surface area contributed by atoms with Crippen LogP contribution in [-0.2, 0) is 4.74 Å². The molecule has 26 heavy (non-hydrogen) atoms. The molecule has 2 aromatic rings. The van der Waals surface area contributed by atoms with Gasteiger partial charge in [0.1, 0.15) is 5.60 Å². The van der Waals surface area contributed by atoms with E-state index < -0.39 is 5.60 Å². The lowest BCUT2D eigenvalue weighted by atomic mass is 10.0. The van der Waals surface area contributed by atoms with E-state index in [9.17, 15) is 4.79 Å². The van der Waals surface area contributed by atoms with Gasteiger partial charge in [0.15, 0.2) is 0 Å². The Kier molecular flexibility index (Phi) is 4.94. The number of hydrogen-bond acceptors (Lipinski definition) is 5. The first-order valence-electron chi connectivity index (χ1n) is 9.12. The Labute approximate surface area is 154 Å². The van der Waals surface area contributed by atoms with E-state index >= 15 is 0 Å². The van der Waals surface area contributed by atoms with E-state index in [1.165, 1.54) is 0 Å². The van der Waals surface area contributed by atoms with Crippen LogP contribution < -0.4 is 11.1 Å². The number of amides is 1. The molecular weight excluding hydrogens is 328 g/mol. The molecule has 3 N–H and O–H groups in total. The van der Waals surface area contributed by atoms with Crippen LogP contribution in [0.4, 0.5) is 16.2 Å². The highest BCUT2D eigenvalue weighted by Gasteiger charge is 2.28. The van der Waals surface area contributed by atoms with Gasteiger partial charge in [-0.25, -0.2) is 4.79 Å². The zero-order chi connectivity index (χ0) is 18.9. The number of aromatic nitrogens is 1. The van der Waals surface area contributed by atoms with Gasteiger partial charge in [0.25, 0.3) is 0 Å². The molecule has 6 nitrogen and oxygen atoms in total. The van der Waals surface area contributed by atoms with Gasteiger partial charge in [-0.2, -0.15) is 0 Å². The standard InChI is InChI=1S/C20H28N4O2/c1-13-7-8-17-15(10-13)18(16(21)11-22-17)23-14-6-5-9-24(12-14)19(25)26-20(2,3)4/h7-8,10-11,14H,5-6,9,12,21H2,1-4H3,(H,22,23). The number of fused-ring (bicyclic) bond motifs is 1. The summed E-state index contributed by atoms with van der Waals surface area (Å²) in [6, 6.07) is 6.27. The molecule has 0 aliphatic carbocycles. The van der Waals surface area contributed by atoms with Crippen molar-refractivity contribution in [1.82, 2.24) is 9.88 Å². The van der Waals surface area contributed by atoms with Crippen molar-refractivity contribution in [3.63, 3.8) is 0 Å². The number of aryl methyl sites for hydroxylation is 1. The van der Waals surface area contributed by atoms with Crippen LogP contribution >= 0.6 is 0 Å². The van der Waals surface area contributed by atoms with Crippen LogP contribution in [0.1, 0.15) is 39.2 Å². The molecule has 0 radical (unpaired) electrons. The summed E-state index contributed by atoms with van der Waals surface area (Å²) in [7, 11) is 0.